The monoisotopic (exact) mass is 299 g/mol. The SMILES string of the molecule is CCCNC(c1ccc(C)c(F)c1F)C(OC)C(C)(C)C. The fourth-order valence-corrected chi connectivity index (χ4v) is 2.57. The Labute approximate surface area is 126 Å². The van der Waals surface area contributed by atoms with Gasteiger partial charge in [0.1, 0.15) is 0 Å². The van der Waals surface area contributed by atoms with Crippen LogP contribution in [-0.2, 0) is 4.74 Å². The lowest BCUT2D eigenvalue weighted by Gasteiger charge is -2.37. The Hall–Kier alpha value is -1.00. The van der Waals surface area contributed by atoms with Gasteiger partial charge in [0.05, 0.1) is 12.1 Å². The van der Waals surface area contributed by atoms with Crippen LogP contribution in [0, 0.1) is 24.0 Å². The molecule has 0 aliphatic rings. The highest BCUT2D eigenvalue weighted by Gasteiger charge is 2.35. The number of aryl methyl sites for hydroxylation is 1. The van der Waals surface area contributed by atoms with E-state index in [0.717, 1.165) is 13.0 Å². The van der Waals surface area contributed by atoms with Crippen molar-refractivity contribution in [3.8, 4) is 0 Å². The molecule has 0 aromatic heterocycles. The summed E-state index contributed by atoms with van der Waals surface area (Å²) in [6, 6.07) is 2.88. The lowest BCUT2D eigenvalue weighted by Crippen LogP contribution is -2.42. The molecule has 0 saturated heterocycles. The zero-order valence-electron chi connectivity index (χ0n) is 13.9. The van der Waals surface area contributed by atoms with Gasteiger partial charge < -0.3 is 10.1 Å². The van der Waals surface area contributed by atoms with E-state index in [1.807, 2.05) is 27.7 Å². The van der Waals surface area contributed by atoms with Crippen LogP contribution < -0.4 is 5.32 Å². The molecule has 1 aromatic carbocycles. The van der Waals surface area contributed by atoms with Crippen LogP contribution in [0.2, 0.25) is 0 Å². The second-order valence-electron chi connectivity index (χ2n) is 6.55. The van der Waals surface area contributed by atoms with E-state index < -0.39 is 11.6 Å². The third-order valence-electron chi connectivity index (χ3n) is 3.66. The molecule has 21 heavy (non-hydrogen) atoms. The summed E-state index contributed by atoms with van der Waals surface area (Å²) in [7, 11) is 1.61. The smallest absolute Gasteiger partial charge is 0.163 e. The van der Waals surface area contributed by atoms with Crippen molar-refractivity contribution in [2.75, 3.05) is 13.7 Å². The van der Waals surface area contributed by atoms with E-state index >= 15 is 0 Å². The van der Waals surface area contributed by atoms with E-state index in [2.05, 4.69) is 5.32 Å². The van der Waals surface area contributed by atoms with E-state index in [1.165, 1.54) is 0 Å². The molecule has 0 aliphatic heterocycles. The minimum Gasteiger partial charge on any atom is -0.379 e. The van der Waals surface area contributed by atoms with Gasteiger partial charge in [-0.25, -0.2) is 8.78 Å². The van der Waals surface area contributed by atoms with Crippen molar-refractivity contribution >= 4 is 0 Å². The summed E-state index contributed by atoms with van der Waals surface area (Å²) in [5, 5.41) is 3.30. The van der Waals surface area contributed by atoms with Gasteiger partial charge in [-0.1, -0.05) is 39.8 Å². The lowest BCUT2D eigenvalue weighted by molar-refractivity contribution is -0.0128. The molecule has 4 heteroatoms. The first-order valence-electron chi connectivity index (χ1n) is 7.44. The Morgan fingerprint density at radius 3 is 2.29 bits per heavy atom. The Kier molecular flexibility index (Phi) is 6.29. The lowest BCUT2D eigenvalue weighted by atomic mass is 9.81. The van der Waals surface area contributed by atoms with Crippen molar-refractivity contribution in [2.45, 2.75) is 53.2 Å². The fraction of sp³-hybridized carbons (Fsp3) is 0.647. The molecule has 0 aliphatic carbocycles. The Morgan fingerprint density at radius 1 is 1.19 bits per heavy atom. The van der Waals surface area contributed by atoms with Crippen LogP contribution in [0.1, 0.15) is 51.3 Å². The Morgan fingerprint density at radius 2 is 1.81 bits per heavy atom. The number of methoxy groups -OCH3 is 1. The standard InChI is InChI=1S/C17H27F2NO/c1-7-10-20-15(16(21-6)17(3,4)5)12-9-8-11(2)13(18)14(12)19/h8-9,15-16,20H,7,10H2,1-6H3. The van der Waals surface area contributed by atoms with Crippen LogP contribution in [0.25, 0.3) is 0 Å². The number of benzene rings is 1. The molecule has 2 atom stereocenters. The Bertz CT molecular complexity index is 469. The summed E-state index contributed by atoms with van der Waals surface area (Å²) in [5.74, 6) is -1.56. The predicted octanol–water partition coefficient (Wildman–Crippen LogP) is 4.38. The molecule has 0 amide bonds. The van der Waals surface area contributed by atoms with E-state index in [9.17, 15) is 8.78 Å². The summed E-state index contributed by atoms with van der Waals surface area (Å²) in [6.45, 7) is 10.4. The van der Waals surface area contributed by atoms with Gasteiger partial charge in [0.25, 0.3) is 0 Å². The highest BCUT2D eigenvalue weighted by atomic mass is 19.2. The maximum Gasteiger partial charge on any atom is 0.163 e. The highest BCUT2D eigenvalue weighted by molar-refractivity contribution is 5.29. The number of hydrogen-bond donors (Lipinski definition) is 1. The van der Waals surface area contributed by atoms with Gasteiger partial charge in [0.2, 0.25) is 0 Å². The minimum absolute atomic E-state index is 0.200. The molecule has 0 spiro atoms. The zero-order valence-corrected chi connectivity index (χ0v) is 13.9. The molecule has 2 unspecified atom stereocenters. The maximum atomic E-state index is 14.4. The largest absolute Gasteiger partial charge is 0.379 e. The molecule has 0 fully saturated rings. The van der Waals surface area contributed by atoms with Gasteiger partial charge in [-0.05, 0) is 30.9 Å². The molecule has 1 rings (SSSR count). The molecular formula is C17H27F2NO. The second-order valence-corrected chi connectivity index (χ2v) is 6.55. The Balaban J connectivity index is 3.28. The van der Waals surface area contributed by atoms with Crippen LogP contribution in [0.5, 0.6) is 0 Å². The summed E-state index contributed by atoms with van der Waals surface area (Å²) < 4.78 is 33.9. The molecule has 0 saturated carbocycles. The van der Waals surface area contributed by atoms with Crippen molar-refractivity contribution in [2.24, 2.45) is 5.41 Å². The average Bonchev–Trinajstić information content (AvgIpc) is 2.40. The molecule has 1 N–H and O–H groups in total. The van der Waals surface area contributed by atoms with E-state index in [1.54, 1.807) is 26.2 Å². The third-order valence-corrected chi connectivity index (χ3v) is 3.66. The summed E-state index contributed by atoms with van der Waals surface area (Å²) in [6.07, 6.45) is 0.646. The highest BCUT2D eigenvalue weighted by Crippen LogP contribution is 2.34. The third kappa shape index (κ3) is 4.24. The second kappa shape index (κ2) is 7.32. The average molecular weight is 299 g/mol. The molecular weight excluding hydrogens is 272 g/mol. The van der Waals surface area contributed by atoms with Gasteiger partial charge in [-0.2, -0.15) is 0 Å². The van der Waals surface area contributed by atoms with Crippen molar-refractivity contribution in [3.05, 3.63) is 34.9 Å². The normalized spacial score (nSPS) is 15.0. The fourth-order valence-electron chi connectivity index (χ4n) is 2.57. The quantitative estimate of drug-likeness (QED) is 0.842. The molecule has 120 valence electrons. The zero-order chi connectivity index (χ0) is 16.2. The van der Waals surface area contributed by atoms with Crippen molar-refractivity contribution in [3.63, 3.8) is 0 Å². The van der Waals surface area contributed by atoms with Crippen LogP contribution in [0.4, 0.5) is 8.78 Å². The molecule has 0 heterocycles. The van der Waals surface area contributed by atoms with Gasteiger partial charge in [-0.3, -0.25) is 0 Å². The predicted molar refractivity (Wildman–Crippen MR) is 82.4 cm³/mol. The molecule has 1 aromatic rings. The number of nitrogens with one attached hydrogen (secondary N) is 1. The first kappa shape index (κ1) is 18.1. The van der Waals surface area contributed by atoms with Gasteiger partial charge >= 0.3 is 0 Å². The number of hydrogen-bond acceptors (Lipinski definition) is 2. The first-order valence-corrected chi connectivity index (χ1v) is 7.44. The number of ether oxygens (including phenoxy) is 1. The van der Waals surface area contributed by atoms with Crippen molar-refractivity contribution in [1.29, 1.82) is 0 Å². The van der Waals surface area contributed by atoms with Crippen LogP contribution in [0.15, 0.2) is 12.1 Å². The summed E-state index contributed by atoms with van der Waals surface area (Å²) >= 11 is 0. The van der Waals surface area contributed by atoms with E-state index in [0.29, 0.717) is 11.1 Å². The van der Waals surface area contributed by atoms with Crippen LogP contribution in [-0.4, -0.2) is 19.8 Å². The first-order chi connectivity index (χ1) is 9.73. The van der Waals surface area contributed by atoms with Crippen LogP contribution >= 0.6 is 0 Å². The number of rotatable bonds is 6. The van der Waals surface area contributed by atoms with E-state index in [4.69, 9.17) is 4.74 Å². The molecule has 2 nitrogen and oxygen atoms in total. The van der Waals surface area contributed by atoms with Crippen molar-refractivity contribution < 1.29 is 13.5 Å². The van der Waals surface area contributed by atoms with Gasteiger partial charge in [0.15, 0.2) is 11.6 Å². The summed E-state index contributed by atoms with van der Waals surface area (Å²) in [4.78, 5) is 0. The maximum absolute atomic E-state index is 14.4. The molecule has 0 bridgehead atoms. The summed E-state index contributed by atoms with van der Waals surface area (Å²) in [5.41, 5.74) is 0.442. The molecule has 0 radical (unpaired) electrons. The van der Waals surface area contributed by atoms with Crippen molar-refractivity contribution in [1.82, 2.24) is 5.32 Å². The van der Waals surface area contributed by atoms with Crippen LogP contribution in [0.3, 0.4) is 0 Å². The van der Waals surface area contributed by atoms with Gasteiger partial charge in [0, 0.05) is 12.7 Å². The number of halogens is 2. The van der Waals surface area contributed by atoms with Gasteiger partial charge in [-0.15, -0.1) is 0 Å². The minimum atomic E-state index is -0.782. The van der Waals surface area contributed by atoms with E-state index in [-0.39, 0.29) is 17.6 Å². The topological polar surface area (TPSA) is 21.3 Å².